The number of hydrogen-bond acceptors (Lipinski definition) is 3. The molecule has 17 heavy (non-hydrogen) atoms. The molecule has 1 heterocycles. The first-order valence-corrected chi connectivity index (χ1v) is 6.82. The Balaban J connectivity index is 1.63. The van der Waals surface area contributed by atoms with Gasteiger partial charge in [-0.3, -0.25) is 4.79 Å². The van der Waals surface area contributed by atoms with Gasteiger partial charge in [0.2, 0.25) is 5.91 Å². The molecule has 1 saturated heterocycles. The number of nitrogens with two attached hydrogens (primary N) is 1. The standard InChI is InChI=1S/C13H24N2O2/c14-7-6-13(4-5-13)10-15-12(16)9-11-3-1-2-8-17-11/h11H,1-10,14H2,(H,15,16). The van der Waals surface area contributed by atoms with E-state index in [4.69, 9.17) is 10.5 Å². The SMILES string of the molecule is NCCC1(CNC(=O)CC2CCCCO2)CC1. The summed E-state index contributed by atoms with van der Waals surface area (Å²) in [4.78, 5) is 11.8. The van der Waals surface area contributed by atoms with Crippen LogP contribution in [0.25, 0.3) is 0 Å². The van der Waals surface area contributed by atoms with E-state index >= 15 is 0 Å². The van der Waals surface area contributed by atoms with E-state index in [1.165, 1.54) is 19.3 Å². The quantitative estimate of drug-likeness (QED) is 0.733. The van der Waals surface area contributed by atoms with Gasteiger partial charge < -0.3 is 15.8 Å². The third-order valence-electron chi connectivity index (χ3n) is 3.98. The van der Waals surface area contributed by atoms with Gasteiger partial charge in [-0.15, -0.1) is 0 Å². The van der Waals surface area contributed by atoms with Crippen molar-refractivity contribution in [3.63, 3.8) is 0 Å². The van der Waals surface area contributed by atoms with Gasteiger partial charge in [0.1, 0.15) is 0 Å². The van der Waals surface area contributed by atoms with E-state index in [0.717, 1.165) is 39.0 Å². The molecule has 0 bridgehead atoms. The van der Waals surface area contributed by atoms with E-state index in [-0.39, 0.29) is 12.0 Å². The summed E-state index contributed by atoms with van der Waals surface area (Å²) in [6.07, 6.45) is 7.49. The molecule has 1 saturated carbocycles. The average Bonchev–Trinajstić information content (AvgIpc) is 3.09. The van der Waals surface area contributed by atoms with Crippen LogP contribution in [-0.2, 0) is 9.53 Å². The van der Waals surface area contributed by atoms with Crippen LogP contribution in [0.3, 0.4) is 0 Å². The molecule has 4 nitrogen and oxygen atoms in total. The van der Waals surface area contributed by atoms with Gasteiger partial charge in [0.25, 0.3) is 0 Å². The third kappa shape index (κ3) is 3.96. The topological polar surface area (TPSA) is 64.3 Å². The lowest BCUT2D eigenvalue weighted by Crippen LogP contribution is -2.34. The third-order valence-corrected chi connectivity index (χ3v) is 3.98. The summed E-state index contributed by atoms with van der Waals surface area (Å²) in [5.41, 5.74) is 5.91. The number of nitrogens with one attached hydrogen (secondary N) is 1. The maximum Gasteiger partial charge on any atom is 0.222 e. The Labute approximate surface area is 103 Å². The number of ether oxygens (including phenoxy) is 1. The summed E-state index contributed by atoms with van der Waals surface area (Å²) in [5, 5.41) is 3.04. The largest absolute Gasteiger partial charge is 0.378 e. The molecule has 3 N–H and O–H groups in total. The molecule has 0 aromatic heterocycles. The molecule has 0 aromatic carbocycles. The highest BCUT2D eigenvalue weighted by Crippen LogP contribution is 2.47. The predicted molar refractivity (Wildman–Crippen MR) is 66.6 cm³/mol. The second-order valence-corrected chi connectivity index (χ2v) is 5.51. The van der Waals surface area contributed by atoms with Gasteiger partial charge in [-0.2, -0.15) is 0 Å². The normalized spacial score (nSPS) is 26.5. The zero-order chi connectivity index (χ0) is 12.1. The number of amides is 1. The van der Waals surface area contributed by atoms with Crippen LogP contribution in [0.2, 0.25) is 0 Å². The Morgan fingerprint density at radius 1 is 1.41 bits per heavy atom. The molecule has 2 rings (SSSR count). The fraction of sp³-hybridized carbons (Fsp3) is 0.923. The first kappa shape index (κ1) is 12.8. The summed E-state index contributed by atoms with van der Waals surface area (Å²) in [6.45, 7) is 2.34. The van der Waals surface area contributed by atoms with Crippen molar-refractivity contribution in [1.82, 2.24) is 5.32 Å². The molecular weight excluding hydrogens is 216 g/mol. The fourth-order valence-electron chi connectivity index (χ4n) is 2.53. The molecule has 1 amide bonds. The minimum absolute atomic E-state index is 0.139. The Morgan fingerprint density at radius 3 is 2.82 bits per heavy atom. The van der Waals surface area contributed by atoms with Crippen molar-refractivity contribution in [2.75, 3.05) is 19.7 Å². The van der Waals surface area contributed by atoms with Crippen molar-refractivity contribution in [2.24, 2.45) is 11.1 Å². The Bertz CT molecular complexity index is 258. The van der Waals surface area contributed by atoms with E-state index in [1.54, 1.807) is 0 Å². The van der Waals surface area contributed by atoms with Crippen molar-refractivity contribution in [3.05, 3.63) is 0 Å². The Hall–Kier alpha value is -0.610. The maximum absolute atomic E-state index is 11.8. The fourth-order valence-corrected chi connectivity index (χ4v) is 2.53. The minimum Gasteiger partial charge on any atom is -0.378 e. The van der Waals surface area contributed by atoms with Crippen LogP contribution in [0.5, 0.6) is 0 Å². The van der Waals surface area contributed by atoms with Crippen molar-refractivity contribution >= 4 is 5.91 Å². The van der Waals surface area contributed by atoms with Crippen LogP contribution in [0.15, 0.2) is 0 Å². The van der Waals surface area contributed by atoms with E-state index in [0.29, 0.717) is 11.8 Å². The summed E-state index contributed by atoms with van der Waals surface area (Å²) in [7, 11) is 0. The minimum atomic E-state index is 0.139. The van der Waals surface area contributed by atoms with E-state index in [9.17, 15) is 4.79 Å². The van der Waals surface area contributed by atoms with Gasteiger partial charge in [0.15, 0.2) is 0 Å². The highest BCUT2D eigenvalue weighted by atomic mass is 16.5. The van der Waals surface area contributed by atoms with Crippen LogP contribution in [0, 0.1) is 5.41 Å². The first-order valence-electron chi connectivity index (χ1n) is 6.82. The zero-order valence-electron chi connectivity index (χ0n) is 10.5. The highest BCUT2D eigenvalue weighted by Gasteiger charge is 2.41. The van der Waals surface area contributed by atoms with Crippen molar-refractivity contribution in [2.45, 2.75) is 51.0 Å². The van der Waals surface area contributed by atoms with Gasteiger partial charge in [-0.05, 0) is 50.5 Å². The molecule has 1 atom stereocenters. The van der Waals surface area contributed by atoms with Gasteiger partial charge in [0, 0.05) is 13.2 Å². The molecule has 98 valence electrons. The number of carbonyl (C=O) groups is 1. The lowest BCUT2D eigenvalue weighted by atomic mass is 10.0. The maximum atomic E-state index is 11.8. The van der Waals surface area contributed by atoms with Crippen LogP contribution in [0.1, 0.15) is 44.9 Å². The summed E-state index contributed by atoms with van der Waals surface area (Å²) >= 11 is 0. The number of hydrogen-bond donors (Lipinski definition) is 2. The number of rotatable bonds is 6. The van der Waals surface area contributed by atoms with Crippen LogP contribution in [-0.4, -0.2) is 31.7 Å². The second-order valence-electron chi connectivity index (χ2n) is 5.51. The molecule has 1 aliphatic carbocycles. The van der Waals surface area contributed by atoms with Crippen LogP contribution < -0.4 is 11.1 Å². The van der Waals surface area contributed by atoms with Gasteiger partial charge in [-0.1, -0.05) is 0 Å². The molecule has 2 fully saturated rings. The zero-order valence-corrected chi connectivity index (χ0v) is 10.5. The molecule has 0 spiro atoms. The van der Waals surface area contributed by atoms with Crippen molar-refractivity contribution in [3.8, 4) is 0 Å². The summed E-state index contributed by atoms with van der Waals surface area (Å²) < 4.78 is 5.56. The predicted octanol–water partition coefficient (Wildman–Crippen LogP) is 1.19. The Morgan fingerprint density at radius 2 is 2.24 bits per heavy atom. The average molecular weight is 240 g/mol. The van der Waals surface area contributed by atoms with Crippen LogP contribution >= 0.6 is 0 Å². The lowest BCUT2D eigenvalue weighted by molar-refractivity contribution is -0.125. The molecule has 1 aliphatic heterocycles. The van der Waals surface area contributed by atoms with Crippen molar-refractivity contribution < 1.29 is 9.53 Å². The molecule has 0 radical (unpaired) electrons. The second kappa shape index (κ2) is 5.83. The van der Waals surface area contributed by atoms with Gasteiger partial charge in [-0.25, -0.2) is 0 Å². The molecule has 4 heteroatoms. The van der Waals surface area contributed by atoms with Gasteiger partial charge in [0.05, 0.1) is 12.5 Å². The van der Waals surface area contributed by atoms with Crippen molar-refractivity contribution in [1.29, 1.82) is 0 Å². The monoisotopic (exact) mass is 240 g/mol. The molecular formula is C13H24N2O2. The first-order chi connectivity index (χ1) is 8.24. The Kier molecular flexibility index (Phi) is 4.40. The molecule has 2 aliphatic rings. The highest BCUT2D eigenvalue weighted by molar-refractivity contribution is 5.76. The van der Waals surface area contributed by atoms with E-state index in [1.807, 2.05) is 0 Å². The van der Waals surface area contributed by atoms with Gasteiger partial charge >= 0.3 is 0 Å². The summed E-state index contributed by atoms with van der Waals surface area (Å²) in [5.74, 6) is 0.139. The number of carbonyl (C=O) groups excluding carboxylic acids is 1. The smallest absolute Gasteiger partial charge is 0.222 e. The molecule has 1 unspecified atom stereocenters. The molecule has 0 aromatic rings. The van der Waals surface area contributed by atoms with E-state index in [2.05, 4.69) is 5.32 Å². The van der Waals surface area contributed by atoms with Crippen LogP contribution in [0.4, 0.5) is 0 Å². The lowest BCUT2D eigenvalue weighted by Gasteiger charge is -2.22. The summed E-state index contributed by atoms with van der Waals surface area (Å²) in [6, 6.07) is 0. The van der Waals surface area contributed by atoms with E-state index < -0.39 is 0 Å².